The predicted molar refractivity (Wildman–Crippen MR) is 89.4 cm³/mol. The number of methoxy groups -OCH3 is 1. The van der Waals surface area contributed by atoms with E-state index in [1.807, 2.05) is 43.3 Å². The van der Waals surface area contributed by atoms with Gasteiger partial charge in [-0.1, -0.05) is 29.8 Å². The molecule has 3 N–H and O–H groups in total. The van der Waals surface area contributed by atoms with Crippen molar-refractivity contribution in [1.82, 2.24) is 16.2 Å². The first-order valence-electron chi connectivity index (χ1n) is 7.65. The van der Waals surface area contributed by atoms with Crippen LogP contribution in [-0.2, 0) is 4.79 Å². The van der Waals surface area contributed by atoms with Gasteiger partial charge >= 0.3 is 0 Å². The number of carbonyl (C=O) groups excluding carboxylic acids is 2. The van der Waals surface area contributed by atoms with Crippen LogP contribution in [0.25, 0.3) is 0 Å². The Bertz CT molecular complexity index is 758. The van der Waals surface area contributed by atoms with Crippen LogP contribution in [0.1, 0.15) is 27.5 Å². The Labute approximate surface area is 140 Å². The minimum Gasteiger partial charge on any atom is -0.497 e. The van der Waals surface area contributed by atoms with E-state index in [0.717, 1.165) is 16.9 Å². The lowest BCUT2D eigenvalue weighted by atomic mass is 10.00. The van der Waals surface area contributed by atoms with E-state index in [1.165, 1.54) is 0 Å². The molecule has 2 amide bonds. The van der Waals surface area contributed by atoms with Gasteiger partial charge in [0.05, 0.1) is 13.2 Å². The average molecular weight is 325 g/mol. The fourth-order valence-electron chi connectivity index (χ4n) is 2.71. The summed E-state index contributed by atoms with van der Waals surface area (Å²) in [5.74, 6) is 0.189. The van der Waals surface area contributed by atoms with Crippen LogP contribution in [0.4, 0.5) is 0 Å². The summed E-state index contributed by atoms with van der Waals surface area (Å²) in [5.41, 5.74) is 7.90. The van der Waals surface area contributed by atoms with Crippen molar-refractivity contribution in [2.45, 2.75) is 19.0 Å². The van der Waals surface area contributed by atoms with Crippen LogP contribution in [0, 0.1) is 6.92 Å². The summed E-state index contributed by atoms with van der Waals surface area (Å²) < 4.78 is 5.14. The molecule has 1 saturated heterocycles. The molecule has 3 rings (SSSR count). The molecule has 24 heavy (non-hydrogen) atoms. The van der Waals surface area contributed by atoms with Crippen LogP contribution < -0.4 is 20.9 Å². The summed E-state index contributed by atoms with van der Waals surface area (Å²) in [4.78, 5) is 24.5. The fraction of sp³-hybridized carbons (Fsp3) is 0.222. The van der Waals surface area contributed by atoms with E-state index in [4.69, 9.17) is 4.74 Å². The van der Waals surface area contributed by atoms with E-state index in [1.54, 1.807) is 19.2 Å². The number of nitrogens with one attached hydrogen (secondary N) is 3. The van der Waals surface area contributed by atoms with Gasteiger partial charge in [-0.15, -0.1) is 0 Å². The fourth-order valence-corrected chi connectivity index (χ4v) is 2.71. The average Bonchev–Trinajstić information content (AvgIpc) is 2.96. The number of amides is 2. The quantitative estimate of drug-likeness (QED) is 0.795. The molecule has 0 aromatic heterocycles. The molecule has 0 unspecified atom stereocenters. The maximum atomic E-state index is 12.4. The summed E-state index contributed by atoms with van der Waals surface area (Å²) in [7, 11) is 1.60. The van der Waals surface area contributed by atoms with Crippen molar-refractivity contribution in [2.24, 2.45) is 0 Å². The lowest BCUT2D eigenvalue weighted by Gasteiger charge is -2.18. The number of ether oxygens (including phenoxy) is 1. The predicted octanol–water partition coefficient (Wildman–Crippen LogP) is 1.48. The molecule has 6 nitrogen and oxygen atoms in total. The number of rotatable bonds is 4. The summed E-state index contributed by atoms with van der Waals surface area (Å²) in [5, 5.41) is 2.80. The molecule has 0 spiro atoms. The minimum absolute atomic E-state index is 0.267. The second-order valence-electron chi connectivity index (χ2n) is 5.71. The van der Waals surface area contributed by atoms with Crippen molar-refractivity contribution in [1.29, 1.82) is 0 Å². The van der Waals surface area contributed by atoms with Crippen LogP contribution in [0.15, 0.2) is 48.5 Å². The summed E-state index contributed by atoms with van der Waals surface area (Å²) in [6, 6.07) is 13.6. The van der Waals surface area contributed by atoms with Gasteiger partial charge in [-0.2, -0.15) is 0 Å². The Kier molecular flexibility index (Phi) is 4.48. The Balaban J connectivity index is 1.79. The van der Waals surface area contributed by atoms with Crippen molar-refractivity contribution >= 4 is 11.8 Å². The lowest BCUT2D eigenvalue weighted by molar-refractivity contribution is -0.121. The molecule has 1 aliphatic rings. The van der Waals surface area contributed by atoms with Crippen molar-refractivity contribution in [2.75, 3.05) is 7.11 Å². The van der Waals surface area contributed by atoms with E-state index >= 15 is 0 Å². The molecule has 1 fully saturated rings. The van der Waals surface area contributed by atoms with E-state index in [-0.39, 0.29) is 17.9 Å². The number of carbonyl (C=O) groups is 2. The van der Waals surface area contributed by atoms with Gasteiger partial charge in [0.2, 0.25) is 0 Å². The molecule has 2 aromatic carbocycles. The van der Waals surface area contributed by atoms with Crippen LogP contribution >= 0.6 is 0 Å². The summed E-state index contributed by atoms with van der Waals surface area (Å²) >= 11 is 0. The molecule has 1 heterocycles. The third-order valence-corrected chi connectivity index (χ3v) is 4.01. The first-order chi connectivity index (χ1) is 11.6. The van der Waals surface area contributed by atoms with Crippen LogP contribution in [0.2, 0.25) is 0 Å². The normalized spacial score (nSPS) is 19.7. The highest BCUT2D eigenvalue weighted by Gasteiger charge is 2.36. The van der Waals surface area contributed by atoms with Gasteiger partial charge in [0.25, 0.3) is 11.8 Å². The number of hydrogen-bond acceptors (Lipinski definition) is 4. The van der Waals surface area contributed by atoms with Crippen molar-refractivity contribution in [3.8, 4) is 5.75 Å². The molecular formula is C18H19N3O3. The van der Waals surface area contributed by atoms with Crippen molar-refractivity contribution in [3.05, 3.63) is 65.2 Å². The first kappa shape index (κ1) is 16.0. The number of hydrogen-bond donors (Lipinski definition) is 3. The Morgan fingerprint density at radius 3 is 2.58 bits per heavy atom. The van der Waals surface area contributed by atoms with Gasteiger partial charge in [0.1, 0.15) is 11.8 Å². The zero-order valence-electron chi connectivity index (χ0n) is 13.5. The van der Waals surface area contributed by atoms with Gasteiger partial charge < -0.3 is 10.1 Å². The van der Waals surface area contributed by atoms with Gasteiger partial charge in [-0.25, -0.2) is 5.43 Å². The largest absolute Gasteiger partial charge is 0.497 e. The Hall–Kier alpha value is -2.86. The van der Waals surface area contributed by atoms with Crippen LogP contribution in [0.5, 0.6) is 5.75 Å². The van der Waals surface area contributed by atoms with E-state index in [2.05, 4.69) is 16.2 Å². The number of aryl methyl sites for hydroxylation is 1. The van der Waals surface area contributed by atoms with E-state index in [0.29, 0.717) is 5.56 Å². The Morgan fingerprint density at radius 2 is 1.92 bits per heavy atom. The zero-order chi connectivity index (χ0) is 17.1. The van der Waals surface area contributed by atoms with Crippen molar-refractivity contribution in [3.63, 3.8) is 0 Å². The first-order valence-corrected chi connectivity index (χ1v) is 7.65. The lowest BCUT2D eigenvalue weighted by Crippen LogP contribution is -2.42. The highest BCUT2D eigenvalue weighted by molar-refractivity contribution is 5.98. The third kappa shape index (κ3) is 3.23. The third-order valence-electron chi connectivity index (χ3n) is 4.01. The monoisotopic (exact) mass is 325 g/mol. The highest BCUT2D eigenvalue weighted by atomic mass is 16.5. The van der Waals surface area contributed by atoms with E-state index in [9.17, 15) is 9.59 Å². The second kappa shape index (κ2) is 6.72. The zero-order valence-corrected chi connectivity index (χ0v) is 13.5. The highest BCUT2D eigenvalue weighted by Crippen LogP contribution is 2.23. The van der Waals surface area contributed by atoms with Gasteiger partial charge in [0, 0.05) is 5.56 Å². The van der Waals surface area contributed by atoms with Crippen LogP contribution in [-0.4, -0.2) is 25.0 Å². The maximum Gasteiger partial charge on any atom is 0.258 e. The summed E-state index contributed by atoms with van der Waals surface area (Å²) in [6.07, 6.45) is 0. The smallest absolute Gasteiger partial charge is 0.258 e. The molecule has 1 aliphatic heterocycles. The summed E-state index contributed by atoms with van der Waals surface area (Å²) in [6.45, 7) is 1.92. The van der Waals surface area contributed by atoms with Crippen molar-refractivity contribution < 1.29 is 14.3 Å². The molecule has 0 radical (unpaired) electrons. The van der Waals surface area contributed by atoms with Crippen LogP contribution in [0.3, 0.4) is 0 Å². The molecule has 0 saturated carbocycles. The molecule has 6 heteroatoms. The number of benzene rings is 2. The molecule has 0 aliphatic carbocycles. The number of hydrazine groups is 1. The topological polar surface area (TPSA) is 79.5 Å². The van der Waals surface area contributed by atoms with Gasteiger partial charge in [-0.05, 0) is 36.8 Å². The molecule has 2 atom stereocenters. The molecular weight excluding hydrogens is 306 g/mol. The van der Waals surface area contributed by atoms with Gasteiger partial charge in [0.15, 0.2) is 0 Å². The molecule has 124 valence electrons. The Morgan fingerprint density at radius 1 is 1.17 bits per heavy atom. The van der Waals surface area contributed by atoms with E-state index < -0.39 is 6.04 Å². The SMILES string of the molecule is COc1ccc([C@H]2NNC(=O)[C@@H]2NC(=O)c2cccc(C)c2)cc1. The standard InChI is InChI=1S/C18H19N3O3/c1-11-4-3-5-13(10-11)17(22)19-16-15(20-21-18(16)23)12-6-8-14(24-2)9-7-12/h3-10,15-16,20H,1-2H3,(H,19,22)(H,21,23)/t15-,16-/m1/s1. The maximum absolute atomic E-state index is 12.4. The molecule has 0 bridgehead atoms. The van der Waals surface area contributed by atoms with Gasteiger partial charge in [-0.3, -0.25) is 15.0 Å². The second-order valence-corrected chi connectivity index (χ2v) is 5.71. The minimum atomic E-state index is -0.689. The molecule has 2 aromatic rings.